The van der Waals surface area contributed by atoms with Crippen LogP contribution in [0.15, 0.2) is 30.0 Å². The summed E-state index contributed by atoms with van der Waals surface area (Å²) in [5, 5.41) is 15.3. The first-order valence-electron chi connectivity index (χ1n) is 7.08. The Morgan fingerprint density at radius 3 is 2.95 bits per heavy atom. The lowest BCUT2D eigenvalue weighted by Crippen LogP contribution is -2.18. The molecule has 5 nitrogen and oxygen atoms in total. The molecule has 0 fully saturated rings. The van der Waals surface area contributed by atoms with Gasteiger partial charge in [0.15, 0.2) is 0 Å². The molecule has 0 unspecified atom stereocenters. The Labute approximate surface area is 135 Å². The zero-order valence-electron chi connectivity index (χ0n) is 12.8. The molecule has 1 rings (SSSR count). The van der Waals surface area contributed by atoms with Gasteiger partial charge in [0, 0.05) is 36.7 Å². The third-order valence-corrected chi connectivity index (χ3v) is 3.35. The van der Waals surface area contributed by atoms with E-state index in [-0.39, 0.29) is 5.57 Å². The van der Waals surface area contributed by atoms with Crippen molar-refractivity contribution in [1.82, 2.24) is 5.32 Å². The van der Waals surface area contributed by atoms with Crippen molar-refractivity contribution in [1.29, 1.82) is 5.26 Å². The topological polar surface area (TPSA) is 74.1 Å². The fourth-order valence-electron chi connectivity index (χ4n) is 1.68. The van der Waals surface area contributed by atoms with Gasteiger partial charge in [-0.1, -0.05) is 17.7 Å². The minimum absolute atomic E-state index is 0.00999. The molecule has 0 atom stereocenters. The maximum Gasteiger partial charge on any atom is 0.267 e. The highest BCUT2D eigenvalue weighted by Gasteiger charge is 2.11. The number of nitriles is 1. The molecule has 0 saturated carbocycles. The second kappa shape index (κ2) is 9.82. The third-order valence-electron chi connectivity index (χ3n) is 2.94. The van der Waals surface area contributed by atoms with Crippen LogP contribution in [-0.2, 0) is 9.53 Å². The molecule has 0 saturated heterocycles. The van der Waals surface area contributed by atoms with Crippen LogP contribution in [0.3, 0.4) is 0 Å². The summed E-state index contributed by atoms with van der Waals surface area (Å²) in [6.07, 6.45) is 2.22. The van der Waals surface area contributed by atoms with E-state index in [1.807, 2.05) is 13.0 Å². The molecule has 0 aliphatic rings. The molecule has 118 valence electrons. The number of hydrogen-bond donors (Lipinski definition) is 2. The Kier molecular flexibility index (Phi) is 8.05. The second-order valence-electron chi connectivity index (χ2n) is 4.54. The minimum atomic E-state index is -0.467. The molecule has 0 aliphatic heterocycles. The highest BCUT2D eigenvalue weighted by Crippen LogP contribution is 2.23. The lowest BCUT2D eigenvalue weighted by molar-refractivity contribution is -0.112. The van der Waals surface area contributed by atoms with Crippen molar-refractivity contribution in [2.75, 3.05) is 25.1 Å². The molecule has 0 heterocycles. The van der Waals surface area contributed by atoms with Gasteiger partial charge >= 0.3 is 0 Å². The van der Waals surface area contributed by atoms with Crippen LogP contribution in [-0.4, -0.2) is 25.7 Å². The van der Waals surface area contributed by atoms with Crippen LogP contribution in [0.5, 0.6) is 0 Å². The summed E-state index contributed by atoms with van der Waals surface area (Å²) in [5.74, 6) is -0.467. The Bertz CT molecular complexity index is 579. The summed E-state index contributed by atoms with van der Waals surface area (Å²) >= 11 is 6.00. The molecule has 1 amide bonds. The van der Waals surface area contributed by atoms with Crippen LogP contribution < -0.4 is 10.6 Å². The van der Waals surface area contributed by atoms with Crippen LogP contribution >= 0.6 is 11.6 Å². The number of anilines is 1. The maximum absolute atomic E-state index is 12.1. The van der Waals surface area contributed by atoms with E-state index in [9.17, 15) is 4.79 Å². The monoisotopic (exact) mass is 321 g/mol. The van der Waals surface area contributed by atoms with Gasteiger partial charge in [0.1, 0.15) is 11.6 Å². The van der Waals surface area contributed by atoms with Gasteiger partial charge in [-0.2, -0.15) is 5.26 Å². The van der Waals surface area contributed by atoms with Gasteiger partial charge in [-0.25, -0.2) is 0 Å². The van der Waals surface area contributed by atoms with Gasteiger partial charge in [-0.05, 0) is 38.0 Å². The predicted molar refractivity (Wildman–Crippen MR) is 87.6 cm³/mol. The van der Waals surface area contributed by atoms with Crippen molar-refractivity contribution >= 4 is 23.2 Å². The number of rotatable bonds is 8. The predicted octanol–water partition coefficient (Wildman–Crippen LogP) is 3.01. The largest absolute Gasteiger partial charge is 0.390 e. The third kappa shape index (κ3) is 5.76. The lowest BCUT2D eigenvalue weighted by Gasteiger charge is -2.09. The number of ether oxygens (including phenoxy) is 1. The highest BCUT2D eigenvalue weighted by atomic mass is 35.5. The molecular weight excluding hydrogens is 302 g/mol. The molecule has 0 bridgehead atoms. The number of carbonyl (C=O) groups excluding carboxylic acids is 1. The van der Waals surface area contributed by atoms with Crippen molar-refractivity contribution in [2.45, 2.75) is 20.3 Å². The zero-order valence-corrected chi connectivity index (χ0v) is 13.5. The first kappa shape index (κ1) is 18.0. The van der Waals surface area contributed by atoms with Gasteiger partial charge < -0.3 is 15.4 Å². The van der Waals surface area contributed by atoms with E-state index >= 15 is 0 Å². The Morgan fingerprint density at radius 1 is 1.50 bits per heavy atom. The number of halogens is 1. The van der Waals surface area contributed by atoms with Crippen molar-refractivity contribution in [3.63, 3.8) is 0 Å². The molecule has 0 aromatic heterocycles. The molecule has 0 radical (unpaired) electrons. The van der Waals surface area contributed by atoms with E-state index in [2.05, 4.69) is 10.6 Å². The van der Waals surface area contributed by atoms with Gasteiger partial charge in [0.2, 0.25) is 0 Å². The summed E-state index contributed by atoms with van der Waals surface area (Å²) in [7, 11) is 0. The lowest BCUT2D eigenvalue weighted by atomic mass is 10.2. The van der Waals surface area contributed by atoms with Crippen molar-refractivity contribution in [3.8, 4) is 6.07 Å². The van der Waals surface area contributed by atoms with Crippen molar-refractivity contribution in [2.24, 2.45) is 0 Å². The van der Waals surface area contributed by atoms with E-state index in [1.165, 1.54) is 6.20 Å². The van der Waals surface area contributed by atoms with E-state index in [0.29, 0.717) is 30.5 Å². The Hall–Kier alpha value is -2.03. The first-order chi connectivity index (χ1) is 10.6. The molecule has 1 aromatic carbocycles. The van der Waals surface area contributed by atoms with E-state index in [1.54, 1.807) is 25.1 Å². The fraction of sp³-hybridized carbons (Fsp3) is 0.375. The van der Waals surface area contributed by atoms with Crippen LogP contribution in [0.2, 0.25) is 5.02 Å². The van der Waals surface area contributed by atoms with Crippen molar-refractivity contribution in [3.05, 3.63) is 40.6 Å². The summed E-state index contributed by atoms with van der Waals surface area (Å²) in [5.41, 5.74) is 1.37. The quantitative estimate of drug-likeness (QED) is 0.438. The van der Waals surface area contributed by atoms with Crippen LogP contribution in [0.4, 0.5) is 5.69 Å². The number of carbonyl (C=O) groups is 1. The summed E-state index contributed by atoms with van der Waals surface area (Å²) in [6.45, 7) is 5.70. The van der Waals surface area contributed by atoms with E-state index in [4.69, 9.17) is 21.6 Å². The molecule has 2 N–H and O–H groups in total. The average molecular weight is 322 g/mol. The van der Waals surface area contributed by atoms with Gasteiger partial charge in [0.25, 0.3) is 5.91 Å². The molecule has 22 heavy (non-hydrogen) atoms. The standard InChI is InChI=1S/C16H20ClN3O2/c1-3-22-9-5-8-19-11-13(10-18)16(21)20-15-7-4-6-14(17)12(15)2/h4,6-7,11,19H,3,5,8-9H2,1-2H3,(H,20,21)/b13-11-. The molecule has 0 spiro atoms. The van der Waals surface area contributed by atoms with Gasteiger partial charge in [-0.15, -0.1) is 0 Å². The summed E-state index contributed by atoms with van der Waals surface area (Å²) < 4.78 is 5.20. The number of hydrogen-bond acceptors (Lipinski definition) is 4. The number of benzene rings is 1. The molecule has 1 aromatic rings. The molecule has 0 aliphatic carbocycles. The number of nitrogens with one attached hydrogen (secondary N) is 2. The van der Waals surface area contributed by atoms with E-state index < -0.39 is 5.91 Å². The van der Waals surface area contributed by atoms with Gasteiger partial charge in [-0.3, -0.25) is 4.79 Å². The van der Waals surface area contributed by atoms with Crippen LogP contribution in [0, 0.1) is 18.3 Å². The average Bonchev–Trinajstić information content (AvgIpc) is 2.51. The van der Waals surface area contributed by atoms with E-state index in [0.717, 1.165) is 12.0 Å². The zero-order chi connectivity index (χ0) is 16.4. The van der Waals surface area contributed by atoms with Crippen LogP contribution in [0.25, 0.3) is 0 Å². The molecular formula is C16H20ClN3O2. The summed E-state index contributed by atoms with van der Waals surface area (Å²) in [6, 6.07) is 7.11. The fourth-order valence-corrected chi connectivity index (χ4v) is 1.85. The SMILES string of the molecule is CCOCCCN/C=C(/C#N)C(=O)Nc1cccc(Cl)c1C. The molecule has 6 heteroatoms. The Morgan fingerprint density at radius 2 is 2.27 bits per heavy atom. The maximum atomic E-state index is 12.1. The number of nitrogens with zero attached hydrogens (tertiary/aromatic N) is 1. The minimum Gasteiger partial charge on any atom is -0.390 e. The van der Waals surface area contributed by atoms with Crippen molar-refractivity contribution < 1.29 is 9.53 Å². The summed E-state index contributed by atoms with van der Waals surface area (Å²) in [4.78, 5) is 12.1. The number of amides is 1. The smallest absolute Gasteiger partial charge is 0.267 e. The first-order valence-corrected chi connectivity index (χ1v) is 7.45. The van der Waals surface area contributed by atoms with Gasteiger partial charge in [0.05, 0.1) is 0 Å². The highest BCUT2D eigenvalue weighted by molar-refractivity contribution is 6.31. The normalized spacial score (nSPS) is 10.9. The van der Waals surface area contributed by atoms with Crippen LogP contribution in [0.1, 0.15) is 18.9 Å². The Balaban J connectivity index is 2.57. The second-order valence-corrected chi connectivity index (χ2v) is 4.95.